The molecule has 3 heteroatoms. The van der Waals surface area contributed by atoms with E-state index in [9.17, 15) is 5.11 Å². The number of benzene rings is 3. The lowest BCUT2D eigenvalue weighted by atomic mass is 9.77. The highest BCUT2D eigenvalue weighted by molar-refractivity contribution is 5.50. The Kier molecular flexibility index (Phi) is 5.49. The molecule has 0 fully saturated rings. The normalized spacial score (nSPS) is 11.3. The van der Waals surface area contributed by atoms with Crippen molar-refractivity contribution < 1.29 is 9.84 Å². The van der Waals surface area contributed by atoms with Crippen LogP contribution < -0.4 is 10.1 Å². The van der Waals surface area contributed by atoms with Gasteiger partial charge >= 0.3 is 0 Å². The Morgan fingerprint density at radius 2 is 1.24 bits per heavy atom. The first-order valence-electron chi connectivity index (χ1n) is 8.42. The van der Waals surface area contributed by atoms with Gasteiger partial charge in [0.15, 0.2) is 0 Å². The molecule has 0 saturated carbocycles. The quantitative estimate of drug-likeness (QED) is 0.650. The van der Waals surface area contributed by atoms with Crippen molar-refractivity contribution >= 4 is 0 Å². The Bertz CT molecular complexity index is 731. The van der Waals surface area contributed by atoms with Crippen LogP contribution in [-0.2, 0) is 5.54 Å². The topological polar surface area (TPSA) is 41.5 Å². The molecule has 2 N–H and O–H groups in total. The standard InChI is InChI=1S/C22H23NO2/c1-25-21-14-12-20(13-15-21)22(23-16-17-24,18-8-4-2-5-9-18)19-10-6-3-7-11-19/h2-15,23-24H,16-17H2,1H3. The summed E-state index contributed by atoms with van der Waals surface area (Å²) in [7, 11) is 1.67. The Morgan fingerprint density at radius 1 is 0.760 bits per heavy atom. The predicted molar refractivity (Wildman–Crippen MR) is 101 cm³/mol. The zero-order chi connectivity index (χ0) is 17.5. The third-order valence-electron chi connectivity index (χ3n) is 4.44. The first-order valence-corrected chi connectivity index (χ1v) is 8.42. The van der Waals surface area contributed by atoms with Gasteiger partial charge in [0, 0.05) is 6.54 Å². The SMILES string of the molecule is COc1ccc(C(NCCO)(c2ccccc2)c2ccccc2)cc1. The minimum atomic E-state index is -0.544. The first-order chi connectivity index (χ1) is 12.3. The van der Waals surface area contributed by atoms with Gasteiger partial charge in [0.2, 0.25) is 0 Å². The second-order valence-electron chi connectivity index (χ2n) is 5.86. The fraction of sp³-hybridized carbons (Fsp3) is 0.182. The molecule has 0 aromatic heterocycles. The van der Waals surface area contributed by atoms with Gasteiger partial charge < -0.3 is 9.84 Å². The van der Waals surface area contributed by atoms with Crippen LogP contribution in [0.3, 0.4) is 0 Å². The van der Waals surface area contributed by atoms with Crippen molar-refractivity contribution in [3.8, 4) is 5.75 Å². The summed E-state index contributed by atoms with van der Waals surface area (Å²) in [4.78, 5) is 0. The molecule has 128 valence electrons. The van der Waals surface area contributed by atoms with E-state index in [-0.39, 0.29) is 6.61 Å². The van der Waals surface area contributed by atoms with Crippen LogP contribution in [0.2, 0.25) is 0 Å². The molecule has 25 heavy (non-hydrogen) atoms. The maximum Gasteiger partial charge on any atom is 0.118 e. The Labute approximate surface area is 148 Å². The zero-order valence-corrected chi connectivity index (χ0v) is 14.4. The van der Waals surface area contributed by atoms with Crippen LogP contribution in [0.5, 0.6) is 5.75 Å². The van der Waals surface area contributed by atoms with Crippen LogP contribution in [0.25, 0.3) is 0 Å². The lowest BCUT2D eigenvalue weighted by molar-refractivity contribution is 0.277. The summed E-state index contributed by atoms with van der Waals surface area (Å²) in [6.07, 6.45) is 0. The van der Waals surface area contributed by atoms with Gasteiger partial charge in [0.05, 0.1) is 19.3 Å². The van der Waals surface area contributed by atoms with Crippen LogP contribution in [0.1, 0.15) is 16.7 Å². The minimum Gasteiger partial charge on any atom is -0.497 e. The molecule has 0 atom stereocenters. The second kappa shape index (κ2) is 7.97. The van der Waals surface area contributed by atoms with E-state index in [0.717, 1.165) is 22.4 Å². The van der Waals surface area contributed by atoms with Crippen LogP contribution in [-0.4, -0.2) is 25.4 Å². The van der Waals surface area contributed by atoms with Crippen molar-refractivity contribution in [1.29, 1.82) is 0 Å². The number of methoxy groups -OCH3 is 1. The van der Waals surface area contributed by atoms with Gasteiger partial charge in [-0.1, -0.05) is 72.8 Å². The summed E-state index contributed by atoms with van der Waals surface area (Å²) in [5, 5.41) is 13.0. The molecule has 0 bridgehead atoms. The van der Waals surface area contributed by atoms with Crippen molar-refractivity contribution in [2.24, 2.45) is 0 Å². The smallest absolute Gasteiger partial charge is 0.118 e. The molecule has 0 aliphatic carbocycles. The second-order valence-corrected chi connectivity index (χ2v) is 5.86. The fourth-order valence-electron chi connectivity index (χ4n) is 3.27. The first kappa shape index (κ1) is 17.2. The zero-order valence-electron chi connectivity index (χ0n) is 14.4. The highest BCUT2D eigenvalue weighted by Gasteiger charge is 2.35. The Morgan fingerprint density at radius 3 is 1.68 bits per heavy atom. The fourth-order valence-corrected chi connectivity index (χ4v) is 3.27. The summed E-state index contributed by atoms with van der Waals surface area (Å²) >= 11 is 0. The van der Waals surface area contributed by atoms with E-state index in [1.54, 1.807) is 7.11 Å². The largest absolute Gasteiger partial charge is 0.497 e. The van der Waals surface area contributed by atoms with Crippen LogP contribution >= 0.6 is 0 Å². The van der Waals surface area contributed by atoms with E-state index in [4.69, 9.17) is 4.74 Å². The molecular weight excluding hydrogens is 310 g/mol. The molecule has 3 nitrogen and oxygen atoms in total. The molecule has 0 aliphatic rings. The van der Waals surface area contributed by atoms with Crippen molar-refractivity contribution in [1.82, 2.24) is 5.32 Å². The molecule has 0 unspecified atom stereocenters. The average Bonchev–Trinajstić information content (AvgIpc) is 2.71. The van der Waals surface area contributed by atoms with Crippen LogP contribution in [0.4, 0.5) is 0 Å². The summed E-state index contributed by atoms with van der Waals surface area (Å²) in [6.45, 7) is 0.549. The van der Waals surface area contributed by atoms with Gasteiger partial charge in [-0.25, -0.2) is 0 Å². The molecule has 0 amide bonds. The molecule has 0 aliphatic heterocycles. The molecule has 0 radical (unpaired) electrons. The number of hydrogen-bond donors (Lipinski definition) is 2. The van der Waals surface area contributed by atoms with Crippen LogP contribution in [0, 0.1) is 0 Å². The van der Waals surface area contributed by atoms with Crippen LogP contribution in [0.15, 0.2) is 84.9 Å². The number of rotatable bonds is 7. The van der Waals surface area contributed by atoms with E-state index in [0.29, 0.717) is 6.54 Å². The lowest BCUT2D eigenvalue weighted by Crippen LogP contribution is -2.45. The van der Waals surface area contributed by atoms with E-state index >= 15 is 0 Å². The Balaban J connectivity index is 2.23. The van der Waals surface area contributed by atoms with Gasteiger partial charge in [0.1, 0.15) is 5.75 Å². The van der Waals surface area contributed by atoms with E-state index < -0.39 is 5.54 Å². The Hall–Kier alpha value is -2.62. The number of aliphatic hydroxyl groups is 1. The van der Waals surface area contributed by atoms with Crippen molar-refractivity contribution in [3.63, 3.8) is 0 Å². The maximum absolute atomic E-state index is 9.47. The minimum absolute atomic E-state index is 0.0670. The molecule has 0 heterocycles. The molecule has 3 aromatic carbocycles. The van der Waals surface area contributed by atoms with E-state index in [2.05, 4.69) is 41.7 Å². The molecule has 0 saturated heterocycles. The van der Waals surface area contributed by atoms with E-state index in [1.807, 2.05) is 48.5 Å². The van der Waals surface area contributed by atoms with Gasteiger partial charge in [-0.2, -0.15) is 0 Å². The number of ether oxygens (including phenoxy) is 1. The molecule has 0 spiro atoms. The molecule has 3 rings (SSSR count). The number of nitrogens with one attached hydrogen (secondary N) is 1. The van der Waals surface area contributed by atoms with Crippen molar-refractivity contribution in [2.45, 2.75) is 5.54 Å². The van der Waals surface area contributed by atoms with E-state index in [1.165, 1.54) is 0 Å². The van der Waals surface area contributed by atoms with Crippen molar-refractivity contribution in [3.05, 3.63) is 102 Å². The van der Waals surface area contributed by atoms with Crippen molar-refractivity contribution in [2.75, 3.05) is 20.3 Å². The summed E-state index contributed by atoms with van der Waals surface area (Å²) < 4.78 is 5.31. The highest BCUT2D eigenvalue weighted by Crippen LogP contribution is 2.37. The highest BCUT2D eigenvalue weighted by atomic mass is 16.5. The third-order valence-corrected chi connectivity index (χ3v) is 4.44. The predicted octanol–water partition coefficient (Wildman–Crippen LogP) is 3.57. The third kappa shape index (κ3) is 3.43. The maximum atomic E-state index is 9.47. The van der Waals surface area contributed by atoms with Gasteiger partial charge in [-0.3, -0.25) is 5.32 Å². The van der Waals surface area contributed by atoms with Gasteiger partial charge in [0.25, 0.3) is 0 Å². The number of aliphatic hydroxyl groups excluding tert-OH is 1. The average molecular weight is 333 g/mol. The summed E-state index contributed by atoms with van der Waals surface area (Å²) in [5.74, 6) is 0.820. The van der Waals surface area contributed by atoms with Gasteiger partial charge in [-0.05, 0) is 28.8 Å². The van der Waals surface area contributed by atoms with Gasteiger partial charge in [-0.15, -0.1) is 0 Å². The molecular formula is C22H23NO2. The molecule has 3 aromatic rings. The summed E-state index contributed by atoms with van der Waals surface area (Å²) in [5.41, 5.74) is 2.80. The monoisotopic (exact) mass is 333 g/mol. The number of hydrogen-bond acceptors (Lipinski definition) is 3. The lowest BCUT2D eigenvalue weighted by Gasteiger charge is -2.37. The summed E-state index contributed by atoms with van der Waals surface area (Å²) in [6, 6.07) is 28.7.